The number of likely N-dealkylation sites (N-methyl/N-ethyl adjacent to an activating group) is 1. The van der Waals surface area contributed by atoms with Gasteiger partial charge in [-0.25, -0.2) is 14.8 Å². The average Bonchev–Trinajstić information content (AvgIpc) is 2.86. The van der Waals surface area contributed by atoms with Crippen molar-refractivity contribution in [3.63, 3.8) is 0 Å². The summed E-state index contributed by atoms with van der Waals surface area (Å²) in [4.78, 5) is 39.3. The third kappa shape index (κ3) is 5.35. The van der Waals surface area contributed by atoms with Crippen LogP contribution in [0.15, 0.2) is 54.6 Å². The fraction of sp³-hybridized carbons (Fsp3) is 0.308. The molecule has 2 aliphatic heterocycles. The standard InChI is InChI=1S/C24H21F3N6O2.C2H6/c1-31-18-10-9-17(15-5-2-6-16(13-15)24(25,26)27)28-22(18)33(14-21(31)34)23(35)30-19-7-3-8-20(29-19)32-11-4-12-32;1-2/h2-3,5-10,13H,4,11-12,14H2,1H3,(H,29,30,35);1-2H3. The third-order valence-electron chi connectivity index (χ3n) is 6.02. The van der Waals surface area contributed by atoms with E-state index >= 15 is 0 Å². The van der Waals surface area contributed by atoms with Crippen LogP contribution in [0.3, 0.4) is 0 Å². The molecule has 11 heteroatoms. The summed E-state index contributed by atoms with van der Waals surface area (Å²) in [5.74, 6) is 0.900. The van der Waals surface area contributed by atoms with Gasteiger partial charge in [0.25, 0.3) is 0 Å². The van der Waals surface area contributed by atoms with Gasteiger partial charge in [0.05, 0.1) is 16.9 Å². The van der Waals surface area contributed by atoms with Crippen LogP contribution in [0, 0.1) is 0 Å². The molecule has 1 aromatic carbocycles. The number of alkyl halides is 3. The minimum Gasteiger partial charge on any atom is -0.356 e. The maximum atomic E-state index is 13.2. The van der Waals surface area contributed by atoms with Gasteiger partial charge in [-0.1, -0.05) is 32.0 Å². The number of rotatable bonds is 3. The summed E-state index contributed by atoms with van der Waals surface area (Å²) in [6.07, 6.45) is -3.42. The number of hydrogen-bond donors (Lipinski definition) is 1. The van der Waals surface area contributed by atoms with E-state index in [0.29, 0.717) is 11.5 Å². The van der Waals surface area contributed by atoms with Crippen molar-refractivity contribution in [1.82, 2.24) is 9.97 Å². The molecule has 37 heavy (non-hydrogen) atoms. The van der Waals surface area contributed by atoms with Crippen molar-refractivity contribution in [1.29, 1.82) is 0 Å². The fourth-order valence-electron chi connectivity index (χ4n) is 3.93. The van der Waals surface area contributed by atoms with Crippen LogP contribution in [-0.2, 0) is 11.0 Å². The highest BCUT2D eigenvalue weighted by atomic mass is 19.4. The van der Waals surface area contributed by atoms with E-state index in [2.05, 4.69) is 20.2 Å². The molecule has 0 atom stereocenters. The minimum atomic E-state index is -4.50. The summed E-state index contributed by atoms with van der Waals surface area (Å²) in [5.41, 5.74) is 0.0544. The Balaban J connectivity index is 0.00000156. The Labute approximate surface area is 212 Å². The molecule has 0 aliphatic carbocycles. The highest BCUT2D eigenvalue weighted by molar-refractivity contribution is 6.12. The molecular formula is C26H27F3N6O2. The second kappa shape index (κ2) is 10.5. The molecule has 1 N–H and O–H groups in total. The Morgan fingerprint density at radius 3 is 2.41 bits per heavy atom. The number of carbonyl (C=O) groups excluding carboxylic acids is 2. The summed E-state index contributed by atoms with van der Waals surface area (Å²) >= 11 is 0. The number of halogens is 3. The SMILES string of the molecule is CC.CN1C(=O)CN(C(=O)Nc2cccc(N3CCC3)n2)c2nc(-c3cccc(C(F)(F)F)c3)ccc21. The zero-order valence-electron chi connectivity index (χ0n) is 20.7. The topological polar surface area (TPSA) is 81.7 Å². The van der Waals surface area contributed by atoms with Crippen LogP contribution in [-0.4, -0.2) is 48.6 Å². The van der Waals surface area contributed by atoms with Gasteiger partial charge in [-0.2, -0.15) is 13.2 Å². The Morgan fingerprint density at radius 1 is 1.00 bits per heavy atom. The molecule has 0 radical (unpaired) electrons. The van der Waals surface area contributed by atoms with Crippen molar-refractivity contribution in [2.75, 3.05) is 46.7 Å². The van der Waals surface area contributed by atoms with Crippen molar-refractivity contribution in [3.05, 3.63) is 60.2 Å². The molecular weight excluding hydrogens is 485 g/mol. The van der Waals surface area contributed by atoms with Crippen molar-refractivity contribution < 1.29 is 22.8 Å². The van der Waals surface area contributed by atoms with Gasteiger partial charge in [0.2, 0.25) is 5.91 Å². The van der Waals surface area contributed by atoms with Gasteiger partial charge in [-0.05, 0) is 42.8 Å². The Kier molecular flexibility index (Phi) is 7.33. The maximum Gasteiger partial charge on any atom is 0.416 e. The molecule has 0 spiro atoms. The molecule has 5 rings (SSSR count). The summed E-state index contributed by atoms with van der Waals surface area (Å²) in [7, 11) is 1.56. The first-order chi connectivity index (χ1) is 17.7. The monoisotopic (exact) mass is 512 g/mol. The summed E-state index contributed by atoms with van der Waals surface area (Å²) in [5, 5.41) is 2.71. The molecule has 1 saturated heterocycles. The van der Waals surface area contributed by atoms with E-state index in [4.69, 9.17) is 0 Å². The van der Waals surface area contributed by atoms with E-state index in [1.807, 2.05) is 19.9 Å². The van der Waals surface area contributed by atoms with Crippen molar-refractivity contribution >= 4 is 35.1 Å². The van der Waals surface area contributed by atoms with E-state index in [-0.39, 0.29) is 29.5 Å². The number of hydrogen-bond acceptors (Lipinski definition) is 5. The van der Waals surface area contributed by atoms with Crippen LogP contribution in [0.1, 0.15) is 25.8 Å². The first-order valence-electron chi connectivity index (χ1n) is 12.0. The third-order valence-corrected chi connectivity index (χ3v) is 6.02. The van der Waals surface area contributed by atoms with Crippen LogP contribution >= 0.6 is 0 Å². The van der Waals surface area contributed by atoms with Crippen LogP contribution in [0.4, 0.5) is 41.1 Å². The molecule has 4 heterocycles. The largest absolute Gasteiger partial charge is 0.416 e. The zero-order valence-corrected chi connectivity index (χ0v) is 20.7. The molecule has 0 saturated carbocycles. The first kappa shape index (κ1) is 25.9. The van der Waals surface area contributed by atoms with Gasteiger partial charge >= 0.3 is 12.2 Å². The molecule has 194 valence electrons. The van der Waals surface area contributed by atoms with Gasteiger partial charge in [0, 0.05) is 25.7 Å². The van der Waals surface area contributed by atoms with Crippen molar-refractivity contribution in [2.45, 2.75) is 26.4 Å². The van der Waals surface area contributed by atoms with Gasteiger partial charge in [-0.15, -0.1) is 0 Å². The predicted molar refractivity (Wildman–Crippen MR) is 137 cm³/mol. The summed E-state index contributed by atoms with van der Waals surface area (Å²) in [6.45, 7) is 5.51. The lowest BCUT2D eigenvalue weighted by atomic mass is 10.1. The van der Waals surface area contributed by atoms with Gasteiger partial charge in [0.15, 0.2) is 5.82 Å². The van der Waals surface area contributed by atoms with Crippen LogP contribution < -0.4 is 20.0 Å². The molecule has 8 nitrogen and oxygen atoms in total. The van der Waals surface area contributed by atoms with E-state index in [0.717, 1.165) is 37.5 Å². The molecule has 2 aromatic heterocycles. The zero-order chi connectivity index (χ0) is 26.7. The van der Waals surface area contributed by atoms with E-state index in [1.165, 1.54) is 28.0 Å². The Hall–Kier alpha value is -4.15. The number of pyridine rings is 2. The lowest BCUT2D eigenvalue weighted by Gasteiger charge is -2.33. The lowest BCUT2D eigenvalue weighted by molar-refractivity contribution is -0.137. The highest BCUT2D eigenvalue weighted by Crippen LogP contribution is 2.36. The second-order valence-electron chi connectivity index (χ2n) is 8.31. The van der Waals surface area contributed by atoms with Crippen molar-refractivity contribution in [2.24, 2.45) is 0 Å². The van der Waals surface area contributed by atoms with Gasteiger partial charge in [-0.3, -0.25) is 15.0 Å². The second-order valence-corrected chi connectivity index (χ2v) is 8.31. The summed E-state index contributed by atoms with van der Waals surface area (Å²) < 4.78 is 39.6. The summed E-state index contributed by atoms with van der Waals surface area (Å²) in [6, 6.07) is 12.6. The normalized spacial score (nSPS) is 14.9. The average molecular weight is 513 g/mol. The quantitative estimate of drug-likeness (QED) is 0.507. The fourth-order valence-corrected chi connectivity index (χ4v) is 3.93. The number of benzene rings is 1. The number of urea groups is 1. The minimum absolute atomic E-state index is 0.165. The molecule has 3 amide bonds. The maximum absolute atomic E-state index is 13.2. The Morgan fingerprint density at radius 2 is 1.73 bits per heavy atom. The van der Waals surface area contributed by atoms with E-state index in [9.17, 15) is 22.8 Å². The van der Waals surface area contributed by atoms with Crippen molar-refractivity contribution in [3.8, 4) is 11.3 Å². The molecule has 3 aromatic rings. The number of fused-ring (bicyclic) bond motifs is 1. The number of nitrogens with zero attached hydrogens (tertiary/aromatic N) is 5. The number of amides is 3. The number of anilines is 4. The number of nitrogens with one attached hydrogen (secondary N) is 1. The lowest BCUT2D eigenvalue weighted by Crippen LogP contribution is -2.48. The molecule has 2 aliphatic rings. The highest BCUT2D eigenvalue weighted by Gasteiger charge is 2.34. The van der Waals surface area contributed by atoms with Gasteiger partial charge < -0.3 is 9.80 Å². The first-order valence-corrected chi connectivity index (χ1v) is 12.0. The predicted octanol–water partition coefficient (Wildman–Crippen LogP) is 5.41. The van der Waals surface area contributed by atoms with Crippen LogP contribution in [0.5, 0.6) is 0 Å². The molecule has 1 fully saturated rings. The number of carbonyl (C=O) groups is 2. The van der Waals surface area contributed by atoms with E-state index < -0.39 is 17.8 Å². The molecule has 0 unspecified atom stereocenters. The van der Waals surface area contributed by atoms with Gasteiger partial charge in [0.1, 0.15) is 18.2 Å². The molecule has 0 bridgehead atoms. The van der Waals surface area contributed by atoms with Crippen LogP contribution in [0.25, 0.3) is 11.3 Å². The van der Waals surface area contributed by atoms with E-state index in [1.54, 1.807) is 25.2 Å². The Bertz CT molecular complexity index is 1310. The van der Waals surface area contributed by atoms with Crippen LogP contribution in [0.2, 0.25) is 0 Å². The smallest absolute Gasteiger partial charge is 0.356 e. The number of aromatic nitrogens is 2.